The largest absolute Gasteiger partial charge is 0.362 e. The van der Waals surface area contributed by atoms with Crippen LogP contribution in [0, 0.1) is 12.3 Å². The van der Waals surface area contributed by atoms with E-state index in [2.05, 4.69) is 82.3 Å². The molecule has 1 aliphatic rings. The summed E-state index contributed by atoms with van der Waals surface area (Å²) in [7, 11) is 1.90. The summed E-state index contributed by atoms with van der Waals surface area (Å²) >= 11 is 0. The highest BCUT2D eigenvalue weighted by Crippen LogP contribution is 2.25. The third-order valence-electron chi connectivity index (χ3n) is 5.76. The number of likely N-dealkylation sites (N-methyl/N-ethyl adjacent to an activating group) is 2. The van der Waals surface area contributed by atoms with Crippen molar-refractivity contribution < 1.29 is 4.79 Å². The average Bonchev–Trinajstić information content (AvgIpc) is 2.59. The molecule has 0 radical (unpaired) electrons. The fourth-order valence-corrected chi connectivity index (χ4v) is 4.15. The lowest BCUT2D eigenvalue weighted by molar-refractivity contribution is -0.134. The molecule has 1 aromatic carbocycles. The SMILES string of the molecule is C=C(CN(C)C(=O)C(Cc1ccc(C)cc1)N(CC)C(=C)[C@@H]1CCN1)CC(C)(C)C. The number of benzene rings is 1. The van der Waals surface area contributed by atoms with Crippen molar-refractivity contribution in [3.05, 3.63) is 59.8 Å². The summed E-state index contributed by atoms with van der Waals surface area (Å²) in [5, 5.41) is 3.43. The van der Waals surface area contributed by atoms with Gasteiger partial charge in [0.25, 0.3) is 0 Å². The van der Waals surface area contributed by atoms with Gasteiger partial charge in [-0.25, -0.2) is 0 Å². The van der Waals surface area contributed by atoms with Gasteiger partial charge < -0.3 is 15.1 Å². The van der Waals surface area contributed by atoms with Crippen molar-refractivity contribution in [3.8, 4) is 0 Å². The second-order valence-electron chi connectivity index (χ2n) is 9.96. The van der Waals surface area contributed by atoms with Crippen LogP contribution in [-0.2, 0) is 11.2 Å². The Hall–Kier alpha value is -2.07. The van der Waals surface area contributed by atoms with Gasteiger partial charge in [0.2, 0.25) is 5.91 Å². The minimum atomic E-state index is -0.264. The summed E-state index contributed by atoms with van der Waals surface area (Å²) in [6.07, 6.45) is 2.66. The summed E-state index contributed by atoms with van der Waals surface area (Å²) in [5.74, 6) is 0.132. The number of hydrogen-bond acceptors (Lipinski definition) is 3. The Bertz CT molecular complexity index is 741. The first kappa shape index (κ1) is 24.2. The Kier molecular flexibility index (Phi) is 8.31. The standard InChI is InChI=1S/C26H41N3O/c1-9-29(21(4)23-14-15-27-23)24(16-22-12-10-19(2)11-13-22)25(30)28(8)18-20(3)17-26(5,6)7/h10-13,23-24,27H,3-4,9,14-18H2,1-2,5-8H3/t23-,24?/m0/s1. The molecule has 1 saturated heterocycles. The molecule has 1 aromatic rings. The molecule has 2 atom stereocenters. The Labute approximate surface area is 184 Å². The summed E-state index contributed by atoms with van der Waals surface area (Å²) in [4.78, 5) is 17.7. The fraction of sp³-hybridized carbons (Fsp3) is 0.577. The predicted molar refractivity (Wildman–Crippen MR) is 127 cm³/mol. The van der Waals surface area contributed by atoms with Crippen LogP contribution in [0.25, 0.3) is 0 Å². The normalized spacial score (nSPS) is 17.1. The average molecular weight is 412 g/mol. The number of hydrogen-bond donors (Lipinski definition) is 1. The lowest BCUT2D eigenvalue weighted by Crippen LogP contribution is -2.54. The van der Waals surface area contributed by atoms with Crippen LogP contribution in [0.3, 0.4) is 0 Å². The van der Waals surface area contributed by atoms with E-state index in [-0.39, 0.29) is 23.4 Å². The lowest BCUT2D eigenvalue weighted by atomic mass is 9.88. The third-order valence-corrected chi connectivity index (χ3v) is 5.76. The van der Waals surface area contributed by atoms with Gasteiger partial charge in [-0.2, -0.15) is 0 Å². The maximum absolute atomic E-state index is 13.6. The summed E-state index contributed by atoms with van der Waals surface area (Å²) in [6.45, 7) is 21.8. The quantitative estimate of drug-likeness (QED) is 0.574. The molecule has 0 saturated carbocycles. The molecule has 1 N–H and O–H groups in total. The van der Waals surface area contributed by atoms with Gasteiger partial charge in [0.1, 0.15) is 6.04 Å². The molecule has 4 nitrogen and oxygen atoms in total. The molecule has 30 heavy (non-hydrogen) atoms. The number of nitrogens with one attached hydrogen (secondary N) is 1. The van der Waals surface area contributed by atoms with Gasteiger partial charge in [-0.3, -0.25) is 4.79 Å². The fourth-order valence-electron chi connectivity index (χ4n) is 4.15. The van der Waals surface area contributed by atoms with Crippen molar-refractivity contribution in [1.82, 2.24) is 15.1 Å². The second kappa shape index (κ2) is 10.3. The molecule has 1 heterocycles. The molecule has 1 fully saturated rings. The van der Waals surface area contributed by atoms with Crippen molar-refractivity contribution in [3.63, 3.8) is 0 Å². The number of nitrogens with zero attached hydrogens (tertiary/aromatic N) is 2. The van der Waals surface area contributed by atoms with E-state index in [9.17, 15) is 4.79 Å². The molecule has 1 unspecified atom stereocenters. The number of amides is 1. The van der Waals surface area contributed by atoms with Gasteiger partial charge >= 0.3 is 0 Å². The van der Waals surface area contributed by atoms with Crippen molar-refractivity contribution >= 4 is 5.91 Å². The van der Waals surface area contributed by atoms with Gasteiger partial charge in [-0.1, -0.05) is 69.3 Å². The molecule has 166 valence electrons. The molecular weight excluding hydrogens is 370 g/mol. The van der Waals surface area contributed by atoms with E-state index in [0.29, 0.717) is 13.0 Å². The van der Waals surface area contributed by atoms with Gasteiger partial charge in [0.05, 0.1) is 0 Å². The first-order chi connectivity index (χ1) is 14.0. The third kappa shape index (κ3) is 6.73. The van der Waals surface area contributed by atoms with E-state index in [1.54, 1.807) is 0 Å². The van der Waals surface area contributed by atoms with Gasteiger partial charge in [-0.15, -0.1) is 0 Å². The van der Waals surface area contributed by atoms with E-state index in [0.717, 1.165) is 37.2 Å². The van der Waals surface area contributed by atoms with Crippen LogP contribution in [0.5, 0.6) is 0 Å². The van der Waals surface area contributed by atoms with Gasteiger partial charge in [0.15, 0.2) is 0 Å². The van der Waals surface area contributed by atoms with E-state index < -0.39 is 0 Å². The van der Waals surface area contributed by atoms with Crippen molar-refractivity contribution in [2.75, 3.05) is 26.7 Å². The first-order valence-corrected chi connectivity index (χ1v) is 11.2. The van der Waals surface area contributed by atoms with Crippen LogP contribution in [0.4, 0.5) is 0 Å². The zero-order chi connectivity index (χ0) is 22.5. The molecule has 4 heteroatoms. The molecular formula is C26H41N3O. The smallest absolute Gasteiger partial charge is 0.245 e. The summed E-state index contributed by atoms with van der Waals surface area (Å²) < 4.78 is 0. The van der Waals surface area contributed by atoms with Crippen LogP contribution >= 0.6 is 0 Å². The zero-order valence-corrected chi connectivity index (χ0v) is 19.9. The van der Waals surface area contributed by atoms with E-state index >= 15 is 0 Å². The molecule has 0 bridgehead atoms. The van der Waals surface area contributed by atoms with Gasteiger partial charge in [0, 0.05) is 38.3 Å². The highest BCUT2D eigenvalue weighted by Gasteiger charge is 2.33. The number of carbonyl (C=O) groups is 1. The van der Waals surface area contributed by atoms with E-state index in [1.807, 2.05) is 11.9 Å². The maximum Gasteiger partial charge on any atom is 0.245 e. The second-order valence-corrected chi connectivity index (χ2v) is 9.96. The molecule has 1 aliphatic heterocycles. The summed E-state index contributed by atoms with van der Waals surface area (Å²) in [5.41, 5.74) is 4.69. The van der Waals surface area contributed by atoms with Crippen LogP contribution in [0.1, 0.15) is 51.7 Å². The minimum absolute atomic E-state index is 0.132. The Morgan fingerprint density at radius 3 is 2.30 bits per heavy atom. The van der Waals surface area contributed by atoms with Crippen LogP contribution in [0.2, 0.25) is 0 Å². The van der Waals surface area contributed by atoms with Crippen molar-refractivity contribution in [2.45, 2.75) is 66.0 Å². The summed E-state index contributed by atoms with van der Waals surface area (Å²) in [6, 6.07) is 8.51. The maximum atomic E-state index is 13.6. The van der Waals surface area contributed by atoms with E-state index in [1.165, 1.54) is 11.1 Å². The van der Waals surface area contributed by atoms with Crippen LogP contribution in [0.15, 0.2) is 48.7 Å². The Balaban J connectivity index is 2.21. The number of rotatable bonds is 10. The minimum Gasteiger partial charge on any atom is -0.362 e. The number of carbonyl (C=O) groups excluding carboxylic acids is 1. The predicted octanol–water partition coefficient (Wildman–Crippen LogP) is 4.55. The Morgan fingerprint density at radius 1 is 1.23 bits per heavy atom. The molecule has 1 amide bonds. The highest BCUT2D eigenvalue weighted by atomic mass is 16.2. The first-order valence-electron chi connectivity index (χ1n) is 11.2. The molecule has 0 aliphatic carbocycles. The molecule has 2 rings (SSSR count). The zero-order valence-electron chi connectivity index (χ0n) is 19.9. The molecule has 0 aromatic heterocycles. The van der Waals surface area contributed by atoms with E-state index in [4.69, 9.17) is 0 Å². The van der Waals surface area contributed by atoms with Crippen LogP contribution in [-0.4, -0.2) is 54.5 Å². The van der Waals surface area contributed by atoms with Crippen LogP contribution < -0.4 is 5.32 Å². The monoisotopic (exact) mass is 411 g/mol. The number of aryl methyl sites for hydroxylation is 1. The van der Waals surface area contributed by atoms with Gasteiger partial charge in [-0.05, 0) is 44.2 Å². The molecule has 0 spiro atoms. The topological polar surface area (TPSA) is 35.6 Å². The van der Waals surface area contributed by atoms with Crippen molar-refractivity contribution in [1.29, 1.82) is 0 Å². The van der Waals surface area contributed by atoms with Crippen molar-refractivity contribution in [2.24, 2.45) is 5.41 Å². The Morgan fingerprint density at radius 2 is 1.83 bits per heavy atom. The highest BCUT2D eigenvalue weighted by molar-refractivity contribution is 5.82. The lowest BCUT2D eigenvalue weighted by Gasteiger charge is -2.41.